The average Bonchev–Trinajstić information content (AvgIpc) is 2.99. The number of ether oxygens (including phenoxy) is 1. The second-order valence-corrected chi connectivity index (χ2v) is 6.23. The zero-order valence-electron chi connectivity index (χ0n) is 15.6. The van der Waals surface area contributed by atoms with E-state index >= 15 is 0 Å². The van der Waals surface area contributed by atoms with Crippen LogP contribution in [0.2, 0.25) is 0 Å². The van der Waals surface area contributed by atoms with E-state index in [9.17, 15) is 14.5 Å². The van der Waals surface area contributed by atoms with E-state index in [1.165, 1.54) is 10.9 Å². The first-order valence-corrected chi connectivity index (χ1v) is 8.03. The number of aliphatic hydroxyl groups is 1. The number of aliphatic hydroxyl groups excluding tert-OH is 1. The topological polar surface area (TPSA) is 312 Å². The van der Waals surface area contributed by atoms with E-state index in [0.29, 0.717) is 0 Å². The Balaban J connectivity index is -0.000000521. The van der Waals surface area contributed by atoms with E-state index in [4.69, 9.17) is 20.3 Å². The van der Waals surface area contributed by atoms with Crippen molar-refractivity contribution in [3.63, 3.8) is 0 Å². The third kappa shape index (κ3) is 8.58. The summed E-state index contributed by atoms with van der Waals surface area (Å²) in [5.41, 5.74) is 5.23. The number of nitrogens with two attached hydrogens (primary N) is 1. The van der Waals surface area contributed by atoms with Gasteiger partial charge in [-0.1, -0.05) is 0 Å². The van der Waals surface area contributed by atoms with Crippen LogP contribution in [0.4, 0.5) is 5.95 Å². The van der Waals surface area contributed by atoms with Gasteiger partial charge in [0.1, 0.15) is 12.3 Å². The van der Waals surface area contributed by atoms with Crippen molar-refractivity contribution in [2.75, 3.05) is 12.3 Å². The predicted molar refractivity (Wildman–Crippen MR) is 101 cm³/mol. The van der Waals surface area contributed by atoms with Crippen LogP contribution >= 0.6 is 7.82 Å². The smallest absolute Gasteiger partial charge is 0.412 e. The van der Waals surface area contributed by atoms with Crippen LogP contribution in [-0.4, -0.2) is 134 Å². The summed E-state index contributed by atoms with van der Waals surface area (Å²) in [5.74, 6) is -0.0934. The van der Waals surface area contributed by atoms with Gasteiger partial charge < -0.3 is 47.3 Å². The summed E-state index contributed by atoms with van der Waals surface area (Å²) in [6.07, 6.45) is -1.26. The summed E-state index contributed by atoms with van der Waals surface area (Å²) >= 11 is 0. The second-order valence-electron chi connectivity index (χ2n) is 4.99. The molecule has 3 rings (SSSR count). The van der Waals surface area contributed by atoms with Crippen LogP contribution in [-0.2, 0) is 13.8 Å². The summed E-state index contributed by atoms with van der Waals surface area (Å²) in [6.45, 7) is -0.481. The fourth-order valence-electron chi connectivity index (χ4n) is 2.36. The molecule has 0 spiro atoms. The number of nitrogens with one attached hydrogen (secondary N) is 1. The Morgan fingerprint density at radius 2 is 1.90 bits per heavy atom. The van der Waals surface area contributed by atoms with Gasteiger partial charge in [0.15, 0.2) is 11.2 Å². The monoisotopic (exact) mass is 465 g/mol. The maximum atomic E-state index is 11.7. The Hall–Kier alpha value is 0.0200. The number of aromatic amines is 1. The number of rotatable bonds is 4. The molecule has 160 valence electrons. The Labute approximate surface area is 206 Å². The molecule has 29 heavy (non-hydrogen) atoms. The second kappa shape index (κ2) is 14.2. The number of imidazole rings is 1. The summed E-state index contributed by atoms with van der Waals surface area (Å²) in [7, 11) is -4.66. The third-order valence-corrected chi connectivity index (χ3v) is 3.86. The van der Waals surface area contributed by atoms with Gasteiger partial charge in [0.25, 0.3) is 5.56 Å². The van der Waals surface area contributed by atoms with Crippen molar-refractivity contribution < 1.29 is 50.6 Å². The summed E-state index contributed by atoms with van der Waals surface area (Å²) in [4.78, 5) is 39.3. The largest absolute Gasteiger partial charge is 0.469 e. The first kappa shape index (κ1) is 36.4. The van der Waals surface area contributed by atoms with Crippen molar-refractivity contribution >= 4 is 84.0 Å². The number of phosphoric ester groups is 1. The van der Waals surface area contributed by atoms with Gasteiger partial charge in [-0.25, -0.2) is 9.55 Å². The molecule has 2 radical (unpaired) electrons. The molecule has 1 fully saturated rings. The molecular weight excluding hydrogens is 443 g/mol. The van der Waals surface area contributed by atoms with E-state index in [0.717, 1.165) is 0 Å². The first-order chi connectivity index (χ1) is 10.7. The molecule has 2 aromatic heterocycles. The molecule has 0 amide bonds. The molecule has 0 aliphatic carbocycles. The SMILES string of the molecule is Nc1nc2c(ncn2C2CC(O)C(COP(=O)(O)O)O2)c(=O)[nH]1.O.O.O.O.[Na].[Na]. The molecule has 3 atom stereocenters. The van der Waals surface area contributed by atoms with Crippen LogP contribution in [0.5, 0.6) is 0 Å². The van der Waals surface area contributed by atoms with Gasteiger partial charge in [0.2, 0.25) is 5.95 Å². The molecule has 1 aliphatic heterocycles. The average molecular weight is 465 g/mol. The Morgan fingerprint density at radius 1 is 1.31 bits per heavy atom. The number of nitrogen functional groups attached to an aromatic ring is 1. The van der Waals surface area contributed by atoms with Crippen molar-refractivity contribution in [1.29, 1.82) is 0 Å². The molecule has 1 aliphatic rings. The van der Waals surface area contributed by atoms with Crippen LogP contribution < -0.4 is 11.3 Å². The summed E-state index contributed by atoms with van der Waals surface area (Å²) in [6, 6.07) is 0. The van der Waals surface area contributed by atoms with Gasteiger partial charge in [0, 0.05) is 65.5 Å². The number of anilines is 1. The van der Waals surface area contributed by atoms with Crippen molar-refractivity contribution in [2.24, 2.45) is 0 Å². The van der Waals surface area contributed by atoms with Crippen LogP contribution in [0, 0.1) is 0 Å². The molecule has 14 N–H and O–H groups in total. The molecule has 1 saturated heterocycles. The fourth-order valence-corrected chi connectivity index (χ4v) is 2.70. The maximum Gasteiger partial charge on any atom is 0.469 e. The number of nitrogens with zero attached hydrogens (tertiary/aromatic N) is 3. The molecule has 0 saturated carbocycles. The number of phosphoric acid groups is 1. The predicted octanol–water partition coefficient (Wildman–Crippen LogP) is -5.60. The number of aromatic nitrogens is 4. The van der Waals surface area contributed by atoms with Gasteiger partial charge >= 0.3 is 7.82 Å². The zero-order valence-corrected chi connectivity index (χ0v) is 20.5. The molecular formula is C10H22N5Na2O11P. The molecule has 19 heteroatoms. The molecule has 3 unspecified atom stereocenters. The van der Waals surface area contributed by atoms with E-state index in [-0.39, 0.29) is 105 Å². The van der Waals surface area contributed by atoms with Gasteiger partial charge in [-0.2, -0.15) is 4.98 Å². The minimum atomic E-state index is -4.66. The van der Waals surface area contributed by atoms with Crippen molar-refractivity contribution in [3.05, 3.63) is 16.7 Å². The van der Waals surface area contributed by atoms with E-state index < -0.39 is 38.4 Å². The molecule has 3 heterocycles. The van der Waals surface area contributed by atoms with Crippen molar-refractivity contribution in [2.45, 2.75) is 24.9 Å². The normalized spacial score (nSPS) is 20.0. The summed E-state index contributed by atoms with van der Waals surface area (Å²) in [5, 5.41) is 9.93. The van der Waals surface area contributed by atoms with Crippen molar-refractivity contribution in [3.8, 4) is 0 Å². The van der Waals surface area contributed by atoms with E-state index in [1.807, 2.05) is 0 Å². The Morgan fingerprint density at radius 3 is 2.45 bits per heavy atom. The Kier molecular flexibility index (Phi) is 17.8. The minimum absolute atomic E-state index is 0. The number of hydrogen-bond donors (Lipinski definition) is 5. The van der Waals surface area contributed by atoms with E-state index in [2.05, 4.69) is 19.5 Å². The minimum Gasteiger partial charge on any atom is -0.412 e. The van der Waals surface area contributed by atoms with Crippen molar-refractivity contribution in [1.82, 2.24) is 19.5 Å². The quantitative estimate of drug-likeness (QED) is 0.210. The number of hydrogen-bond acceptors (Lipinski definition) is 8. The fraction of sp³-hybridized carbons (Fsp3) is 0.500. The van der Waals surface area contributed by atoms with Gasteiger partial charge in [-0.05, 0) is 0 Å². The summed E-state index contributed by atoms with van der Waals surface area (Å²) < 4.78 is 22.0. The standard InChI is InChI=1S/C10H14N5O7P.2Na.4H2O/c11-10-13-8-7(9(17)14-10)12-3-15(8)6-1-4(16)5(22-6)2-21-23(18,19)20;;;;;;/h3-6,16H,1-2H2,(H2,18,19,20)(H3,11,13,14,17);;;4*1H2. The molecule has 16 nitrogen and oxygen atoms in total. The van der Waals surface area contributed by atoms with Crippen LogP contribution in [0.15, 0.2) is 11.1 Å². The molecule has 2 aromatic rings. The maximum absolute atomic E-state index is 11.7. The van der Waals surface area contributed by atoms with Gasteiger partial charge in [-0.3, -0.25) is 18.9 Å². The molecule has 0 bridgehead atoms. The Bertz CT molecular complexity index is 845. The van der Waals surface area contributed by atoms with Crippen LogP contribution in [0.3, 0.4) is 0 Å². The van der Waals surface area contributed by atoms with Gasteiger partial charge in [0.05, 0.1) is 19.0 Å². The first-order valence-electron chi connectivity index (χ1n) is 6.50. The van der Waals surface area contributed by atoms with Crippen LogP contribution in [0.1, 0.15) is 12.6 Å². The number of fused-ring (bicyclic) bond motifs is 1. The van der Waals surface area contributed by atoms with E-state index in [1.54, 1.807) is 0 Å². The van der Waals surface area contributed by atoms with Crippen LogP contribution in [0.25, 0.3) is 11.2 Å². The zero-order chi connectivity index (χ0) is 16.8. The third-order valence-electron chi connectivity index (χ3n) is 3.37. The number of H-pyrrole nitrogens is 1. The molecule has 0 aromatic carbocycles. The van der Waals surface area contributed by atoms with Gasteiger partial charge in [-0.15, -0.1) is 0 Å².